The van der Waals surface area contributed by atoms with Crippen LogP contribution in [-0.2, 0) is 22.6 Å². The zero-order chi connectivity index (χ0) is 24.7. The molecule has 5 nitrogen and oxygen atoms in total. The summed E-state index contributed by atoms with van der Waals surface area (Å²) in [6, 6.07) is 22.3. The highest BCUT2D eigenvalue weighted by molar-refractivity contribution is 5.97. The largest absolute Gasteiger partial charge is 0.378 e. The van der Waals surface area contributed by atoms with Gasteiger partial charge in [-0.25, -0.2) is 4.39 Å². The van der Waals surface area contributed by atoms with Gasteiger partial charge in [-0.1, -0.05) is 56.3 Å². The number of benzene rings is 3. The molecule has 0 heterocycles. The summed E-state index contributed by atoms with van der Waals surface area (Å²) in [6.45, 7) is 4.06. The molecule has 34 heavy (non-hydrogen) atoms. The predicted octanol–water partition coefficient (Wildman–Crippen LogP) is 5.13. The topological polar surface area (TPSA) is 52.7 Å². The number of anilines is 2. The van der Waals surface area contributed by atoms with Gasteiger partial charge in [0.15, 0.2) is 0 Å². The highest BCUT2D eigenvalue weighted by atomic mass is 19.1. The standard InChI is InChI=1S/C28H32FN3O2/c1-20(2)27(28(34)30-24-14-16-25(17-15-24)31(3)4)32(19-22-10-12-23(29)13-11-22)26(33)18-21-8-6-5-7-9-21/h5-17,20,27H,18-19H2,1-4H3,(H,30,34). The molecule has 0 spiro atoms. The molecule has 0 fully saturated rings. The van der Waals surface area contributed by atoms with Crippen molar-refractivity contribution >= 4 is 23.2 Å². The molecule has 1 atom stereocenters. The van der Waals surface area contributed by atoms with E-state index in [2.05, 4.69) is 5.32 Å². The van der Waals surface area contributed by atoms with Gasteiger partial charge in [-0.3, -0.25) is 9.59 Å². The maximum absolute atomic E-state index is 13.5. The Morgan fingerprint density at radius 2 is 1.47 bits per heavy atom. The van der Waals surface area contributed by atoms with Gasteiger partial charge < -0.3 is 15.1 Å². The predicted molar refractivity (Wildman–Crippen MR) is 135 cm³/mol. The molecule has 1 unspecified atom stereocenters. The molecule has 3 aromatic carbocycles. The average Bonchev–Trinajstić information content (AvgIpc) is 2.80. The summed E-state index contributed by atoms with van der Waals surface area (Å²) in [5.41, 5.74) is 3.32. The van der Waals surface area contributed by atoms with Crippen molar-refractivity contribution in [1.29, 1.82) is 0 Å². The molecule has 2 amide bonds. The first-order chi connectivity index (χ1) is 16.2. The van der Waals surface area contributed by atoms with Crippen LogP contribution in [0.25, 0.3) is 0 Å². The van der Waals surface area contributed by atoms with Gasteiger partial charge in [0.05, 0.1) is 6.42 Å². The van der Waals surface area contributed by atoms with Gasteiger partial charge in [0.2, 0.25) is 11.8 Å². The van der Waals surface area contributed by atoms with E-state index in [4.69, 9.17) is 0 Å². The number of hydrogen-bond donors (Lipinski definition) is 1. The number of carbonyl (C=O) groups excluding carboxylic acids is 2. The van der Waals surface area contributed by atoms with Crippen LogP contribution in [0.15, 0.2) is 78.9 Å². The maximum Gasteiger partial charge on any atom is 0.247 e. The van der Waals surface area contributed by atoms with Crippen LogP contribution in [-0.4, -0.2) is 36.9 Å². The minimum atomic E-state index is -0.699. The zero-order valence-electron chi connectivity index (χ0n) is 20.2. The molecule has 6 heteroatoms. The van der Waals surface area contributed by atoms with E-state index in [0.29, 0.717) is 5.69 Å². The fourth-order valence-corrected chi connectivity index (χ4v) is 3.86. The Bertz CT molecular complexity index is 1080. The van der Waals surface area contributed by atoms with Gasteiger partial charge in [-0.05, 0) is 53.4 Å². The molecule has 0 saturated heterocycles. The van der Waals surface area contributed by atoms with E-state index in [1.54, 1.807) is 17.0 Å². The van der Waals surface area contributed by atoms with Crippen molar-refractivity contribution in [2.24, 2.45) is 5.92 Å². The van der Waals surface area contributed by atoms with Crippen LogP contribution < -0.4 is 10.2 Å². The summed E-state index contributed by atoms with van der Waals surface area (Å²) >= 11 is 0. The van der Waals surface area contributed by atoms with Crippen LogP contribution in [0, 0.1) is 11.7 Å². The van der Waals surface area contributed by atoms with E-state index in [1.807, 2.05) is 87.4 Å². The average molecular weight is 462 g/mol. The Morgan fingerprint density at radius 3 is 2.03 bits per heavy atom. The third kappa shape index (κ3) is 6.67. The molecule has 0 saturated carbocycles. The first-order valence-electron chi connectivity index (χ1n) is 11.4. The lowest BCUT2D eigenvalue weighted by molar-refractivity contribution is -0.140. The van der Waals surface area contributed by atoms with E-state index in [1.165, 1.54) is 12.1 Å². The molecule has 1 N–H and O–H groups in total. The number of halogens is 1. The first-order valence-corrected chi connectivity index (χ1v) is 11.4. The number of nitrogens with zero attached hydrogens (tertiary/aromatic N) is 2. The van der Waals surface area contributed by atoms with Gasteiger partial charge in [0, 0.05) is 32.0 Å². The number of hydrogen-bond acceptors (Lipinski definition) is 3. The maximum atomic E-state index is 13.5. The minimum absolute atomic E-state index is 0.138. The molecule has 0 bridgehead atoms. The minimum Gasteiger partial charge on any atom is -0.378 e. The van der Waals surface area contributed by atoms with Gasteiger partial charge >= 0.3 is 0 Å². The Labute approximate surface area is 201 Å². The second-order valence-electron chi connectivity index (χ2n) is 8.93. The summed E-state index contributed by atoms with van der Waals surface area (Å²) in [5.74, 6) is -0.894. The molecule has 0 aliphatic carbocycles. The number of amides is 2. The Kier molecular flexibility index (Phi) is 8.41. The lowest BCUT2D eigenvalue weighted by Gasteiger charge is -2.34. The number of nitrogens with one attached hydrogen (secondary N) is 1. The normalized spacial score (nSPS) is 11.7. The smallest absolute Gasteiger partial charge is 0.247 e. The molecular formula is C28H32FN3O2. The van der Waals surface area contributed by atoms with Crippen molar-refractivity contribution in [1.82, 2.24) is 4.90 Å². The molecule has 178 valence electrons. The van der Waals surface area contributed by atoms with Gasteiger partial charge in [-0.15, -0.1) is 0 Å². The molecule has 0 radical (unpaired) electrons. The third-order valence-corrected chi connectivity index (χ3v) is 5.67. The lowest BCUT2D eigenvalue weighted by Crippen LogP contribution is -2.50. The van der Waals surface area contributed by atoms with Crippen molar-refractivity contribution in [2.45, 2.75) is 32.9 Å². The van der Waals surface area contributed by atoms with E-state index in [0.717, 1.165) is 16.8 Å². The van der Waals surface area contributed by atoms with Crippen molar-refractivity contribution in [3.63, 3.8) is 0 Å². The second-order valence-corrected chi connectivity index (χ2v) is 8.93. The Morgan fingerprint density at radius 1 is 0.853 bits per heavy atom. The fourth-order valence-electron chi connectivity index (χ4n) is 3.86. The number of carbonyl (C=O) groups is 2. The van der Waals surface area contributed by atoms with Crippen molar-refractivity contribution < 1.29 is 14.0 Å². The van der Waals surface area contributed by atoms with Crippen LogP contribution in [0.1, 0.15) is 25.0 Å². The molecule has 3 aromatic rings. The van der Waals surface area contributed by atoms with Crippen LogP contribution in [0.4, 0.5) is 15.8 Å². The SMILES string of the molecule is CC(C)C(C(=O)Nc1ccc(N(C)C)cc1)N(Cc1ccc(F)cc1)C(=O)Cc1ccccc1. The Balaban J connectivity index is 1.87. The fraction of sp³-hybridized carbons (Fsp3) is 0.286. The van der Waals surface area contributed by atoms with E-state index < -0.39 is 6.04 Å². The van der Waals surface area contributed by atoms with Crippen molar-refractivity contribution in [3.05, 3.63) is 95.8 Å². The van der Waals surface area contributed by atoms with Gasteiger partial charge in [0.1, 0.15) is 11.9 Å². The zero-order valence-corrected chi connectivity index (χ0v) is 20.2. The van der Waals surface area contributed by atoms with E-state index in [-0.39, 0.29) is 36.5 Å². The molecular weight excluding hydrogens is 429 g/mol. The summed E-state index contributed by atoms with van der Waals surface area (Å²) < 4.78 is 13.5. The lowest BCUT2D eigenvalue weighted by atomic mass is 9.99. The highest BCUT2D eigenvalue weighted by Crippen LogP contribution is 2.21. The van der Waals surface area contributed by atoms with Gasteiger partial charge in [0.25, 0.3) is 0 Å². The van der Waals surface area contributed by atoms with Crippen LogP contribution in [0.2, 0.25) is 0 Å². The van der Waals surface area contributed by atoms with E-state index in [9.17, 15) is 14.0 Å². The van der Waals surface area contributed by atoms with Crippen molar-refractivity contribution in [3.8, 4) is 0 Å². The third-order valence-electron chi connectivity index (χ3n) is 5.67. The van der Waals surface area contributed by atoms with Gasteiger partial charge in [-0.2, -0.15) is 0 Å². The monoisotopic (exact) mass is 461 g/mol. The summed E-state index contributed by atoms with van der Waals surface area (Å²) in [5, 5.41) is 2.97. The molecule has 0 aliphatic rings. The molecule has 0 aliphatic heterocycles. The summed E-state index contributed by atoms with van der Waals surface area (Å²) in [7, 11) is 3.90. The van der Waals surface area contributed by atoms with Crippen LogP contribution in [0.3, 0.4) is 0 Å². The second kappa shape index (κ2) is 11.5. The number of rotatable bonds is 9. The summed E-state index contributed by atoms with van der Waals surface area (Å²) in [6.07, 6.45) is 0.177. The Hall–Kier alpha value is -3.67. The van der Waals surface area contributed by atoms with Crippen LogP contribution in [0.5, 0.6) is 0 Å². The summed E-state index contributed by atoms with van der Waals surface area (Å²) in [4.78, 5) is 30.5. The molecule has 3 rings (SSSR count). The first kappa shape index (κ1) is 25.0. The quantitative estimate of drug-likeness (QED) is 0.481. The molecule has 0 aromatic heterocycles. The van der Waals surface area contributed by atoms with E-state index >= 15 is 0 Å². The highest BCUT2D eigenvalue weighted by Gasteiger charge is 2.32. The van der Waals surface area contributed by atoms with Crippen LogP contribution >= 0.6 is 0 Å². The van der Waals surface area contributed by atoms with Crippen molar-refractivity contribution in [2.75, 3.05) is 24.3 Å².